The minimum Gasteiger partial charge on any atom is -0.383 e. The molecule has 7 heteroatoms. The van der Waals surface area contributed by atoms with Crippen LogP contribution in [0.5, 0.6) is 0 Å². The number of aromatic nitrogens is 2. The highest BCUT2D eigenvalue weighted by atomic mass is 16.3. The maximum atomic E-state index is 11.2. The highest BCUT2D eigenvalue weighted by Crippen LogP contribution is 2.11. The molecule has 1 heterocycles. The van der Waals surface area contributed by atoms with Gasteiger partial charge in [-0.25, -0.2) is 4.79 Å². The van der Waals surface area contributed by atoms with Crippen molar-refractivity contribution in [2.24, 2.45) is 19.3 Å². The van der Waals surface area contributed by atoms with E-state index in [-0.39, 0.29) is 5.82 Å². The molecule has 0 aliphatic rings. The van der Waals surface area contributed by atoms with Gasteiger partial charge in [0.1, 0.15) is 5.82 Å². The third kappa shape index (κ3) is 2.12. The predicted molar refractivity (Wildman–Crippen MR) is 58.1 cm³/mol. The molecule has 0 amide bonds. The van der Waals surface area contributed by atoms with Crippen molar-refractivity contribution in [3.63, 3.8) is 0 Å². The zero-order valence-electron chi connectivity index (χ0n) is 9.14. The minimum absolute atomic E-state index is 0.219. The SMILES string of the molecule is CC.Cn1c(N)c(N=O)c(=O)n(C)c1=O. The number of nitrogen functional groups attached to an aromatic ring is 1. The van der Waals surface area contributed by atoms with Gasteiger partial charge < -0.3 is 5.73 Å². The summed E-state index contributed by atoms with van der Waals surface area (Å²) < 4.78 is 1.76. The minimum atomic E-state index is -0.782. The topological polar surface area (TPSA) is 99.4 Å². The standard InChI is InChI=1S/C6H8N4O3.C2H6/c1-9-4(7)3(8-13)5(11)10(2)6(9)12;1-2/h7H2,1-2H3;1-2H3. The van der Waals surface area contributed by atoms with Crippen molar-refractivity contribution < 1.29 is 0 Å². The van der Waals surface area contributed by atoms with Gasteiger partial charge in [0.2, 0.25) is 5.69 Å². The Balaban J connectivity index is 0.000000921. The molecule has 0 spiro atoms. The van der Waals surface area contributed by atoms with Crippen molar-refractivity contribution in [3.05, 3.63) is 25.7 Å². The molecule has 0 aliphatic heterocycles. The second-order valence-corrected chi connectivity index (χ2v) is 2.53. The molecule has 0 atom stereocenters. The smallest absolute Gasteiger partial charge is 0.332 e. The Morgan fingerprint density at radius 3 is 2.00 bits per heavy atom. The van der Waals surface area contributed by atoms with Gasteiger partial charge in [-0.15, -0.1) is 4.91 Å². The van der Waals surface area contributed by atoms with Gasteiger partial charge in [0.05, 0.1) is 0 Å². The fourth-order valence-electron chi connectivity index (χ4n) is 0.928. The molecule has 0 radical (unpaired) electrons. The maximum Gasteiger partial charge on any atom is 0.332 e. The highest BCUT2D eigenvalue weighted by molar-refractivity contribution is 5.55. The number of nitrogens with two attached hydrogens (primary N) is 1. The lowest BCUT2D eigenvalue weighted by atomic mass is 10.4. The monoisotopic (exact) mass is 214 g/mol. The zero-order chi connectivity index (χ0) is 12.2. The van der Waals surface area contributed by atoms with Gasteiger partial charge in [0.15, 0.2) is 0 Å². The summed E-state index contributed by atoms with van der Waals surface area (Å²) in [5.74, 6) is -0.219. The molecular weight excluding hydrogens is 200 g/mol. The van der Waals surface area contributed by atoms with E-state index >= 15 is 0 Å². The summed E-state index contributed by atoms with van der Waals surface area (Å²) in [4.78, 5) is 32.6. The third-order valence-corrected chi connectivity index (χ3v) is 1.78. The number of hydrogen-bond donors (Lipinski definition) is 1. The summed E-state index contributed by atoms with van der Waals surface area (Å²) in [7, 11) is 2.60. The van der Waals surface area contributed by atoms with Crippen molar-refractivity contribution in [1.29, 1.82) is 0 Å². The molecule has 84 valence electrons. The van der Waals surface area contributed by atoms with E-state index in [1.54, 1.807) is 0 Å². The molecule has 0 aromatic carbocycles. The van der Waals surface area contributed by atoms with Crippen LogP contribution in [-0.4, -0.2) is 9.13 Å². The number of anilines is 1. The van der Waals surface area contributed by atoms with Gasteiger partial charge >= 0.3 is 5.69 Å². The van der Waals surface area contributed by atoms with Crippen molar-refractivity contribution in [2.45, 2.75) is 13.8 Å². The van der Waals surface area contributed by atoms with E-state index in [0.29, 0.717) is 0 Å². The van der Waals surface area contributed by atoms with E-state index in [9.17, 15) is 14.5 Å². The Hall–Kier alpha value is -1.92. The zero-order valence-corrected chi connectivity index (χ0v) is 9.14. The van der Waals surface area contributed by atoms with Crippen LogP contribution >= 0.6 is 0 Å². The maximum absolute atomic E-state index is 11.2. The van der Waals surface area contributed by atoms with E-state index in [0.717, 1.165) is 9.13 Å². The van der Waals surface area contributed by atoms with Crippen molar-refractivity contribution in [3.8, 4) is 0 Å². The van der Waals surface area contributed by atoms with Crippen LogP contribution in [0.1, 0.15) is 13.8 Å². The fourth-order valence-corrected chi connectivity index (χ4v) is 0.928. The summed E-state index contributed by atoms with van der Waals surface area (Å²) >= 11 is 0. The van der Waals surface area contributed by atoms with E-state index in [1.807, 2.05) is 13.8 Å². The lowest BCUT2D eigenvalue weighted by molar-refractivity contribution is 0.695. The molecule has 2 N–H and O–H groups in total. The van der Waals surface area contributed by atoms with E-state index < -0.39 is 16.9 Å². The number of rotatable bonds is 1. The van der Waals surface area contributed by atoms with E-state index in [2.05, 4.69) is 5.18 Å². The average Bonchev–Trinajstić information content (AvgIpc) is 2.27. The van der Waals surface area contributed by atoms with Gasteiger partial charge in [-0.1, -0.05) is 13.8 Å². The van der Waals surface area contributed by atoms with Gasteiger partial charge in [0, 0.05) is 14.1 Å². The van der Waals surface area contributed by atoms with E-state index in [4.69, 9.17) is 5.73 Å². The van der Waals surface area contributed by atoms with Crippen LogP contribution in [0.4, 0.5) is 11.5 Å². The number of hydrogen-bond acceptors (Lipinski definition) is 5. The highest BCUT2D eigenvalue weighted by Gasteiger charge is 2.12. The van der Waals surface area contributed by atoms with Gasteiger partial charge in [-0.2, -0.15) is 0 Å². The Kier molecular flexibility index (Phi) is 4.43. The summed E-state index contributed by atoms with van der Waals surface area (Å²) in [6.45, 7) is 4.00. The van der Waals surface area contributed by atoms with Crippen LogP contribution in [-0.2, 0) is 14.1 Å². The first-order chi connectivity index (χ1) is 7.00. The molecule has 15 heavy (non-hydrogen) atoms. The molecule has 0 bridgehead atoms. The summed E-state index contributed by atoms with van der Waals surface area (Å²) in [5, 5.41) is 2.46. The number of nitroso groups, excluding NO2 is 1. The molecule has 1 rings (SSSR count). The van der Waals surface area contributed by atoms with Crippen LogP contribution in [0.3, 0.4) is 0 Å². The summed E-state index contributed by atoms with van der Waals surface area (Å²) in [6.07, 6.45) is 0. The quantitative estimate of drug-likeness (QED) is 0.669. The molecular formula is C8H14N4O3. The lowest BCUT2D eigenvalue weighted by Crippen LogP contribution is -2.37. The average molecular weight is 214 g/mol. The Morgan fingerprint density at radius 1 is 1.13 bits per heavy atom. The van der Waals surface area contributed by atoms with Crippen molar-refractivity contribution in [2.75, 3.05) is 5.73 Å². The predicted octanol–water partition coefficient (Wildman–Crippen LogP) is 0.0903. The normalized spacial score (nSPS) is 9.07. The first-order valence-corrected chi connectivity index (χ1v) is 4.39. The second kappa shape index (κ2) is 5.08. The first kappa shape index (κ1) is 13.1. The molecule has 0 saturated heterocycles. The van der Waals surface area contributed by atoms with Crippen LogP contribution in [0.25, 0.3) is 0 Å². The molecule has 0 aliphatic carbocycles. The lowest BCUT2D eigenvalue weighted by Gasteiger charge is -2.05. The summed E-state index contributed by atoms with van der Waals surface area (Å²) in [6, 6.07) is 0. The Bertz CT molecular complexity index is 472. The Morgan fingerprint density at radius 2 is 1.60 bits per heavy atom. The van der Waals surface area contributed by atoms with Gasteiger partial charge in [-0.3, -0.25) is 13.9 Å². The van der Waals surface area contributed by atoms with Crippen LogP contribution < -0.4 is 17.0 Å². The fraction of sp³-hybridized carbons (Fsp3) is 0.500. The first-order valence-electron chi connectivity index (χ1n) is 4.39. The Labute approximate surface area is 86.1 Å². The second-order valence-electron chi connectivity index (χ2n) is 2.53. The number of nitrogens with zero attached hydrogens (tertiary/aromatic N) is 3. The van der Waals surface area contributed by atoms with Crippen LogP contribution in [0, 0.1) is 4.91 Å². The summed E-state index contributed by atoms with van der Waals surface area (Å²) in [5.41, 5.74) is 3.51. The van der Waals surface area contributed by atoms with Gasteiger partial charge in [0.25, 0.3) is 5.56 Å². The molecule has 1 aromatic rings. The molecule has 7 nitrogen and oxygen atoms in total. The molecule has 0 fully saturated rings. The largest absolute Gasteiger partial charge is 0.383 e. The van der Waals surface area contributed by atoms with Crippen LogP contribution in [0.15, 0.2) is 14.8 Å². The molecule has 0 unspecified atom stereocenters. The van der Waals surface area contributed by atoms with Crippen molar-refractivity contribution in [1.82, 2.24) is 9.13 Å². The van der Waals surface area contributed by atoms with Crippen molar-refractivity contribution >= 4 is 11.5 Å². The van der Waals surface area contributed by atoms with E-state index in [1.165, 1.54) is 14.1 Å². The van der Waals surface area contributed by atoms with Crippen LogP contribution in [0.2, 0.25) is 0 Å². The molecule has 0 saturated carbocycles. The third-order valence-electron chi connectivity index (χ3n) is 1.78. The van der Waals surface area contributed by atoms with Gasteiger partial charge in [-0.05, 0) is 5.18 Å². The molecule has 1 aromatic heterocycles.